The Labute approximate surface area is 159 Å². The number of rotatable bonds is 6. The summed E-state index contributed by atoms with van der Waals surface area (Å²) in [6.07, 6.45) is 1.29. The molecule has 0 unspecified atom stereocenters. The van der Waals surface area contributed by atoms with E-state index in [0.717, 1.165) is 5.56 Å². The van der Waals surface area contributed by atoms with Crippen LogP contribution in [0.25, 0.3) is 0 Å². The van der Waals surface area contributed by atoms with Crippen LogP contribution < -0.4 is 21.9 Å². The highest BCUT2D eigenvalue weighted by Gasteiger charge is 2.12. The molecule has 27 heavy (non-hydrogen) atoms. The fourth-order valence-electron chi connectivity index (χ4n) is 2.25. The molecule has 2 aromatic carbocycles. The molecule has 0 saturated carbocycles. The molecule has 3 rings (SSSR count). The number of nitrogens with one attached hydrogen (secondary N) is 3. The van der Waals surface area contributed by atoms with Gasteiger partial charge in [0, 0.05) is 11.6 Å². The molecule has 5 N–H and O–H groups in total. The summed E-state index contributed by atoms with van der Waals surface area (Å²) in [5, 5.41) is 3.74. The summed E-state index contributed by atoms with van der Waals surface area (Å²) in [6, 6.07) is 13.0. The molecule has 0 saturated heterocycles. The number of nitrogens with zero attached hydrogens (tertiary/aromatic N) is 2. The summed E-state index contributed by atoms with van der Waals surface area (Å²) in [5.41, 5.74) is 12.1. The first kappa shape index (κ1) is 18.4. The molecule has 0 aliphatic rings. The predicted octanol–water partition coefficient (Wildman–Crippen LogP) is 3.22. The van der Waals surface area contributed by atoms with Crippen molar-refractivity contribution in [3.8, 4) is 0 Å². The number of carbonyl (C=O) groups excluding carboxylic acids is 1. The van der Waals surface area contributed by atoms with Gasteiger partial charge >= 0.3 is 0 Å². The van der Waals surface area contributed by atoms with E-state index in [1.165, 1.54) is 24.5 Å². The van der Waals surface area contributed by atoms with Crippen LogP contribution in [0, 0.1) is 5.82 Å². The van der Waals surface area contributed by atoms with E-state index in [0.29, 0.717) is 17.4 Å². The van der Waals surface area contributed by atoms with E-state index in [4.69, 9.17) is 17.3 Å². The number of carbonyl (C=O) groups is 1. The maximum absolute atomic E-state index is 13.6. The van der Waals surface area contributed by atoms with Crippen molar-refractivity contribution >= 4 is 34.8 Å². The van der Waals surface area contributed by atoms with Crippen LogP contribution in [0.5, 0.6) is 0 Å². The molecule has 0 aliphatic carbocycles. The number of benzene rings is 2. The molecule has 0 radical (unpaired) electrons. The van der Waals surface area contributed by atoms with Crippen molar-refractivity contribution < 1.29 is 9.18 Å². The van der Waals surface area contributed by atoms with Crippen LogP contribution in [0.15, 0.2) is 54.9 Å². The van der Waals surface area contributed by atoms with Crippen molar-refractivity contribution in [2.75, 3.05) is 16.5 Å². The first-order chi connectivity index (χ1) is 13.0. The molecule has 1 heterocycles. The minimum Gasteiger partial charge on any atom is -0.393 e. The summed E-state index contributed by atoms with van der Waals surface area (Å²) >= 11 is 5.86. The molecule has 0 atom stereocenters. The van der Waals surface area contributed by atoms with Crippen molar-refractivity contribution in [3.05, 3.63) is 76.8 Å². The van der Waals surface area contributed by atoms with Crippen molar-refractivity contribution in [1.82, 2.24) is 15.4 Å². The van der Waals surface area contributed by atoms with E-state index in [2.05, 4.69) is 26.1 Å². The Morgan fingerprint density at radius 1 is 1.07 bits per heavy atom. The molecule has 138 valence electrons. The van der Waals surface area contributed by atoms with Crippen LogP contribution in [0.2, 0.25) is 5.02 Å². The molecular weight excluding hydrogens is 371 g/mol. The lowest BCUT2D eigenvalue weighted by Gasteiger charge is -2.13. The van der Waals surface area contributed by atoms with Crippen molar-refractivity contribution in [2.24, 2.45) is 0 Å². The number of hydrogen-bond acceptors (Lipinski definition) is 6. The van der Waals surface area contributed by atoms with Gasteiger partial charge in [0.15, 0.2) is 11.6 Å². The zero-order valence-electron chi connectivity index (χ0n) is 14.0. The second kappa shape index (κ2) is 8.33. The first-order valence-electron chi connectivity index (χ1n) is 7.94. The summed E-state index contributed by atoms with van der Waals surface area (Å²) in [4.78, 5) is 20.1. The highest BCUT2D eigenvalue weighted by Crippen LogP contribution is 2.22. The van der Waals surface area contributed by atoms with Gasteiger partial charge in [-0.3, -0.25) is 15.6 Å². The lowest BCUT2D eigenvalue weighted by atomic mass is 10.2. The van der Waals surface area contributed by atoms with Crippen LogP contribution in [-0.4, -0.2) is 15.9 Å². The minimum atomic E-state index is -0.651. The molecule has 0 spiro atoms. The first-order valence-corrected chi connectivity index (χ1v) is 8.32. The Balaban J connectivity index is 1.65. The number of hydrogen-bond donors (Lipinski definition) is 4. The Kier molecular flexibility index (Phi) is 5.68. The quantitative estimate of drug-likeness (QED) is 0.485. The lowest BCUT2D eigenvalue weighted by Crippen LogP contribution is -2.31. The Bertz CT molecular complexity index is 951. The topological polar surface area (TPSA) is 105 Å². The minimum absolute atomic E-state index is 0.0984. The fourth-order valence-corrected chi connectivity index (χ4v) is 2.38. The average molecular weight is 387 g/mol. The molecule has 1 aromatic heterocycles. The van der Waals surface area contributed by atoms with Crippen LogP contribution in [0.3, 0.4) is 0 Å². The van der Waals surface area contributed by atoms with Crippen LogP contribution in [0.4, 0.5) is 21.7 Å². The molecule has 0 fully saturated rings. The highest BCUT2D eigenvalue weighted by atomic mass is 35.5. The lowest BCUT2D eigenvalue weighted by molar-refractivity contribution is 0.0958. The number of aromatic nitrogens is 2. The fraction of sp³-hybridized carbons (Fsp3) is 0.0556. The van der Waals surface area contributed by atoms with Gasteiger partial charge in [-0.25, -0.2) is 14.4 Å². The monoisotopic (exact) mass is 386 g/mol. The summed E-state index contributed by atoms with van der Waals surface area (Å²) in [6.45, 7) is 0.472. The highest BCUT2D eigenvalue weighted by molar-refractivity contribution is 6.30. The normalized spacial score (nSPS) is 10.3. The summed E-state index contributed by atoms with van der Waals surface area (Å²) in [7, 11) is 0. The van der Waals surface area contributed by atoms with Gasteiger partial charge < -0.3 is 11.1 Å². The average Bonchev–Trinajstić information content (AvgIpc) is 2.67. The summed E-state index contributed by atoms with van der Waals surface area (Å²) < 4.78 is 13.6. The van der Waals surface area contributed by atoms with E-state index in [9.17, 15) is 9.18 Å². The van der Waals surface area contributed by atoms with Gasteiger partial charge in [0.25, 0.3) is 5.91 Å². The van der Waals surface area contributed by atoms with Gasteiger partial charge in [-0.15, -0.1) is 0 Å². The number of halogens is 2. The maximum Gasteiger partial charge on any atom is 0.272 e. The molecule has 9 heteroatoms. The molecule has 7 nitrogen and oxygen atoms in total. The second-order valence-electron chi connectivity index (χ2n) is 5.52. The van der Waals surface area contributed by atoms with Gasteiger partial charge in [0.2, 0.25) is 0 Å². The van der Waals surface area contributed by atoms with Gasteiger partial charge in [-0.1, -0.05) is 35.9 Å². The smallest absolute Gasteiger partial charge is 0.272 e. The number of nitrogen functional groups attached to an aromatic ring is 1. The van der Waals surface area contributed by atoms with E-state index >= 15 is 0 Å². The molecule has 3 aromatic rings. The number of amides is 1. The van der Waals surface area contributed by atoms with E-state index in [-0.39, 0.29) is 17.1 Å². The number of hydrazine groups is 1. The number of nitrogens with two attached hydrogens (primary N) is 1. The molecule has 1 amide bonds. The molecule has 0 aliphatic heterocycles. The zero-order chi connectivity index (χ0) is 19.2. The largest absolute Gasteiger partial charge is 0.393 e. The standard InChI is InChI=1S/C18H16ClFN6O/c19-12-7-5-11(6-8-12)9-22-16-15(21)17(24-10-23-16)25-26-18(27)13-3-1-2-4-14(13)20/h1-8,10H,9,21H2,(H,26,27)(H2,22,23,24,25). The Morgan fingerprint density at radius 3 is 2.52 bits per heavy atom. The predicted molar refractivity (Wildman–Crippen MR) is 103 cm³/mol. The third-order valence-corrected chi connectivity index (χ3v) is 3.92. The second-order valence-corrected chi connectivity index (χ2v) is 5.96. The zero-order valence-corrected chi connectivity index (χ0v) is 14.8. The van der Waals surface area contributed by atoms with E-state index in [1.807, 2.05) is 12.1 Å². The van der Waals surface area contributed by atoms with Crippen LogP contribution in [0.1, 0.15) is 15.9 Å². The Hall–Kier alpha value is -3.39. The van der Waals surface area contributed by atoms with Crippen molar-refractivity contribution in [3.63, 3.8) is 0 Å². The number of anilines is 3. The van der Waals surface area contributed by atoms with E-state index in [1.54, 1.807) is 18.2 Å². The van der Waals surface area contributed by atoms with Gasteiger partial charge in [-0.05, 0) is 29.8 Å². The van der Waals surface area contributed by atoms with Gasteiger partial charge in [0.05, 0.1) is 5.56 Å². The third kappa shape index (κ3) is 4.62. The van der Waals surface area contributed by atoms with E-state index < -0.39 is 11.7 Å². The van der Waals surface area contributed by atoms with Crippen LogP contribution >= 0.6 is 11.6 Å². The Morgan fingerprint density at radius 2 is 1.78 bits per heavy atom. The molecule has 0 bridgehead atoms. The SMILES string of the molecule is Nc1c(NCc2ccc(Cl)cc2)ncnc1NNC(=O)c1ccccc1F. The van der Waals surface area contributed by atoms with Crippen molar-refractivity contribution in [1.29, 1.82) is 0 Å². The summed E-state index contributed by atoms with van der Waals surface area (Å²) in [5.74, 6) is -0.699. The van der Waals surface area contributed by atoms with Gasteiger partial charge in [-0.2, -0.15) is 0 Å². The van der Waals surface area contributed by atoms with Gasteiger partial charge in [0.1, 0.15) is 17.8 Å². The van der Waals surface area contributed by atoms with Crippen LogP contribution in [-0.2, 0) is 6.54 Å². The van der Waals surface area contributed by atoms with Crippen molar-refractivity contribution in [2.45, 2.75) is 6.54 Å². The molecular formula is C18H16ClFN6O. The third-order valence-electron chi connectivity index (χ3n) is 3.67. The maximum atomic E-state index is 13.6.